The van der Waals surface area contributed by atoms with E-state index >= 15 is 0 Å². The molecular weight excluding hydrogens is 328 g/mol. The van der Waals surface area contributed by atoms with Crippen LogP contribution in [0.25, 0.3) is 0 Å². The second kappa shape index (κ2) is 8.13. The van der Waals surface area contributed by atoms with E-state index < -0.39 is 17.8 Å². The summed E-state index contributed by atoms with van der Waals surface area (Å²) < 4.78 is 0. The number of pyridine rings is 1. The van der Waals surface area contributed by atoms with Crippen molar-refractivity contribution in [1.82, 2.24) is 4.98 Å². The number of aliphatic carboxylic acids is 1. The van der Waals surface area contributed by atoms with Crippen molar-refractivity contribution >= 4 is 17.6 Å². The molecule has 1 N–H and O–H groups in total. The van der Waals surface area contributed by atoms with Crippen LogP contribution in [0.3, 0.4) is 0 Å². The molecule has 1 heterocycles. The Hall–Kier alpha value is -2.69. The summed E-state index contributed by atoms with van der Waals surface area (Å²) in [5.74, 6) is -2.10. The molecule has 3 rings (SSSR count). The van der Waals surface area contributed by atoms with E-state index in [4.69, 9.17) is 0 Å². The third-order valence-electron chi connectivity index (χ3n) is 5.18. The van der Waals surface area contributed by atoms with E-state index in [1.807, 2.05) is 55.5 Å². The number of carboxylic acid groups (broad SMARTS) is 1. The number of benzene rings is 1. The van der Waals surface area contributed by atoms with Crippen LogP contribution in [0, 0.1) is 11.8 Å². The molecule has 0 saturated heterocycles. The molecule has 0 unspecified atom stereocenters. The van der Waals surface area contributed by atoms with Gasteiger partial charge < -0.3 is 10.0 Å². The van der Waals surface area contributed by atoms with E-state index in [1.165, 1.54) is 0 Å². The van der Waals surface area contributed by atoms with Gasteiger partial charge in [0.25, 0.3) is 0 Å². The minimum atomic E-state index is -0.874. The Morgan fingerprint density at radius 1 is 1.04 bits per heavy atom. The molecule has 1 aliphatic rings. The molecule has 0 spiro atoms. The number of rotatable bonds is 5. The van der Waals surface area contributed by atoms with E-state index in [0.29, 0.717) is 12.8 Å². The van der Waals surface area contributed by atoms with Crippen molar-refractivity contribution in [2.45, 2.75) is 38.6 Å². The molecule has 1 saturated carbocycles. The highest BCUT2D eigenvalue weighted by Gasteiger charge is 2.39. The van der Waals surface area contributed by atoms with Crippen LogP contribution in [-0.4, -0.2) is 22.0 Å². The number of aromatic nitrogens is 1. The monoisotopic (exact) mass is 352 g/mol. The lowest BCUT2D eigenvalue weighted by Gasteiger charge is -2.36. The normalized spacial score (nSPS) is 21.0. The Labute approximate surface area is 153 Å². The molecule has 26 heavy (non-hydrogen) atoms. The number of para-hydroxylation sites is 1. The summed E-state index contributed by atoms with van der Waals surface area (Å²) >= 11 is 0. The van der Waals surface area contributed by atoms with Crippen LogP contribution >= 0.6 is 0 Å². The number of hydrogen-bond acceptors (Lipinski definition) is 3. The van der Waals surface area contributed by atoms with Crippen molar-refractivity contribution in [3.8, 4) is 0 Å². The molecule has 0 bridgehead atoms. The maximum absolute atomic E-state index is 13.5. The van der Waals surface area contributed by atoms with Crippen molar-refractivity contribution in [3.05, 3.63) is 60.4 Å². The molecule has 136 valence electrons. The maximum Gasteiger partial charge on any atom is 0.307 e. The minimum Gasteiger partial charge on any atom is -0.481 e. The van der Waals surface area contributed by atoms with Crippen LogP contribution in [0.4, 0.5) is 5.69 Å². The number of carboxylic acids is 1. The third-order valence-corrected chi connectivity index (χ3v) is 5.18. The molecule has 1 fully saturated rings. The van der Waals surface area contributed by atoms with E-state index in [-0.39, 0.29) is 11.9 Å². The molecule has 1 aromatic carbocycles. The summed E-state index contributed by atoms with van der Waals surface area (Å²) in [4.78, 5) is 31.3. The quantitative estimate of drug-likeness (QED) is 0.881. The van der Waals surface area contributed by atoms with Crippen LogP contribution in [0.1, 0.15) is 44.3 Å². The molecule has 2 aromatic rings. The summed E-state index contributed by atoms with van der Waals surface area (Å²) in [5.41, 5.74) is 1.55. The van der Waals surface area contributed by atoms with Gasteiger partial charge in [-0.25, -0.2) is 0 Å². The highest BCUT2D eigenvalue weighted by molar-refractivity contribution is 5.97. The van der Waals surface area contributed by atoms with Crippen LogP contribution in [0.15, 0.2) is 54.7 Å². The molecule has 0 aliphatic heterocycles. The van der Waals surface area contributed by atoms with Crippen LogP contribution in [0.2, 0.25) is 0 Å². The van der Waals surface area contributed by atoms with Gasteiger partial charge in [0.15, 0.2) is 0 Å². The first kappa shape index (κ1) is 18.1. The Bertz CT molecular complexity index is 748. The van der Waals surface area contributed by atoms with Gasteiger partial charge in [0.2, 0.25) is 5.91 Å². The van der Waals surface area contributed by atoms with Gasteiger partial charge in [-0.15, -0.1) is 0 Å². The zero-order valence-electron chi connectivity index (χ0n) is 14.9. The maximum atomic E-state index is 13.5. The standard InChI is InChI=1S/C21H24N2O3/c1-15(19-13-7-8-14-22-19)23(16-9-3-2-4-10-16)20(24)17-11-5-6-12-18(17)21(25)26/h2-4,7-10,13-15,17-18H,5-6,11-12H2,1H3,(H,25,26)/t15-,17+,18-/m0/s1. The summed E-state index contributed by atoms with van der Waals surface area (Å²) in [7, 11) is 0. The van der Waals surface area contributed by atoms with E-state index in [1.54, 1.807) is 11.1 Å². The SMILES string of the molecule is C[C@@H](c1ccccn1)N(C(=O)[C@@H]1CCCC[C@@H]1C(=O)O)c1ccccc1. The predicted molar refractivity (Wildman–Crippen MR) is 99.7 cm³/mol. The molecule has 1 aliphatic carbocycles. The average Bonchev–Trinajstić information content (AvgIpc) is 2.69. The number of carbonyl (C=O) groups excluding carboxylic acids is 1. The lowest BCUT2D eigenvalue weighted by atomic mass is 9.78. The number of amides is 1. The smallest absolute Gasteiger partial charge is 0.307 e. The Morgan fingerprint density at radius 3 is 2.31 bits per heavy atom. The number of carbonyl (C=O) groups is 2. The first-order chi connectivity index (χ1) is 12.6. The van der Waals surface area contributed by atoms with Crippen LogP contribution in [0.5, 0.6) is 0 Å². The zero-order valence-corrected chi connectivity index (χ0v) is 14.9. The highest BCUT2D eigenvalue weighted by atomic mass is 16.4. The Kier molecular flexibility index (Phi) is 5.66. The van der Waals surface area contributed by atoms with Crippen molar-refractivity contribution in [1.29, 1.82) is 0 Å². The fourth-order valence-electron chi connectivity index (χ4n) is 3.79. The van der Waals surface area contributed by atoms with Gasteiger partial charge in [-0.1, -0.05) is 37.1 Å². The van der Waals surface area contributed by atoms with Crippen LogP contribution < -0.4 is 4.90 Å². The van der Waals surface area contributed by atoms with Gasteiger partial charge in [0.05, 0.1) is 23.6 Å². The summed E-state index contributed by atoms with van der Waals surface area (Å²) in [6.45, 7) is 1.94. The van der Waals surface area contributed by atoms with Gasteiger partial charge in [0.1, 0.15) is 0 Å². The van der Waals surface area contributed by atoms with Gasteiger partial charge >= 0.3 is 5.97 Å². The van der Waals surface area contributed by atoms with Crippen molar-refractivity contribution in [3.63, 3.8) is 0 Å². The Morgan fingerprint density at radius 2 is 1.69 bits per heavy atom. The lowest BCUT2D eigenvalue weighted by molar-refractivity contribution is -0.148. The van der Waals surface area contributed by atoms with E-state index in [2.05, 4.69) is 4.98 Å². The fraction of sp³-hybridized carbons (Fsp3) is 0.381. The topological polar surface area (TPSA) is 70.5 Å². The molecule has 3 atom stereocenters. The van der Waals surface area contributed by atoms with Gasteiger partial charge in [-0.3, -0.25) is 14.6 Å². The van der Waals surface area contributed by atoms with Gasteiger partial charge in [-0.2, -0.15) is 0 Å². The first-order valence-electron chi connectivity index (χ1n) is 9.11. The second-order valence-corrected chi connectivity index (χ2v) is 6.81. The van der Waals surface area contributed by atoms with E-state index in [9.17, 15) is 14.7 Å². The molecule has 0 radical (unpaired) electrons. The summed E-state index contributed by atoms with van der Waals surface area (Å²) in [6, 6.07) is 14.8. The number of hydrogen-bond donors (Lipinski definition) is 1. The van der Waals surface area contributed by atoms with Crippen molar-refractivity contribution in [2.24, 2.45) is 11.8 Å². The third kappa shape index (κ3) is 3.77. The summed E-state index contributed by atoms with van der Waals surface area (Å²) in [6.07, 6.45) is 4.64. The van der Waals surface area contributed by atoms with Crippen LogP contribution in [-0.2, 0) is 9.59 Å². The molecule has 1 amide bonds. The molecule has 5 nitrogen and oxygen atoms in total. The molecule has 1 aromatic heterocycles. The summed E-state index contributed by atoms with van der Waals surface area (Å²) in [5, 5.41) is 9.58. The van der Waals surface area contributed by atoms with Crippen molar-refractivity contribution < 1.29 is 14.7 Å². The number of anilines is 1. The zero-order chi connectivity index (χ0) is 18.5. The first-order valence-corrected chi connectivity index (χ1v) is 9.11. The van der Waals surface area contributed by atoms with Gasteiger partial charge in [0, 0.05) is 11.9 Å². The number of nitrogens with zero attached hydrogens (tertiary/aromatic N) is 2. The average molecular weight is 352 g/mol. The van der Waals surface area contributed by atoms with Crippen molar-refractivity contribution in [2.75, 3.05) is 4.90 Å². The van der Waals surface area contributed by atoms with E-state index in [0.717, 1.165) is 24.2 Å². The molecule has 5 heteroatoms. The molecular formula is C21H24N2O3. The fourth-order valence-corrected chi connectivity index (χ4v) is 3.79. The predicted octanol–water partition coefficient (Wildman–Crippen LogP) is 4.07. The lowest BCUT2D eigenvalue weighted by Crippen LogP contribution is -2.44. The minimum absolute atomic E-state index is 0.124. The second-order valence-electron chi connectivity index (χ2n) is 6.81. The highest BCUT2D eigenvalue weighted by Crippen LogP contribution is 2.35. The van der Waals surface area contributed by atoms with Gasteiger partial charge in [-0.05, 0) is 44.0 Å². The Balaban J connectivity index is 1.97. The largest absolute Gasteiger partial charge is 0.481 e.